The minimum atomic E-state index is 0. The summed E-state index contributed by atoms with van der Waals surface area (Å²) in [5, 5.41) is 0. The maximum absolute atomic E-state index is 0. The molecule has 0 aliphatic carbocycles. The van der Waals surface area contributed by atoms with Crippen LogP contribution in [0, 0.1) is 0 Å². The van der Waals surface area contributed by atoms with Crippen LogP contribution in [0.4, 0.5) is 0 Å². The van der Waals surface area contributed by atoms with E-state index in [1.54, 1.807) is 0 Å². The van der Waals surface area contributed by atoms with Crippen molar-refractivity contribution in [3.8, 4) is 0 Å². The third kappa shape index (κ3) is 8.84. The predicted molar refractivity (Wildman–Crippen MR) is 17.3 cm³/mol. The van der Waals surface area contributed by atoms with Crippen molar-refractivity contribution in [1.29, 1.82) is 0 Å². The van der Waals surface area contributed by atoms with E-state index in [9.17, 15) is 0 Å². The number of rotatable bonds is 0. The van der Waals surface area contributed by atoms with Crippen LogP contribution in [-0.2, 0) is 19.5 Å². The van der Waals surface area contributed by atoms with E-state index >= 15 is 0 Å². The fourth-order valence-electron chi connectivity index (χ4n) is 0. The Balaban J connectivity index is 0. The molecule has 0 aliphatic heterocycles. The van der Waals surface area contributed by atoms with Crippen LogP contribution in [-0.4, -0.2) is 65.8 Å². The second-order valence-electron chi connectivity index (χ2n) is 0. The Morgan fingerprint density at radius 1 is 1.00 bits per heavy atom. The summed E-state index contributed by atoms with van der Waals surface area (Å²) in [5.41, 5.74) is 0. The summed E-state index contributed by atoms with van der Waals surface area (Å²) in [7, 11) is 0. The summed E-state index contributed by atoms with van der Waals surface area (Å²) >= 11 is 0. The minimum Gasteiger partial charge on any atom is 0 e. The average Bonchev–Trinajstić information content (AvgIpc) is 0. The monoisotopic (exact) mass is 215 g/mol. The van der Waals surface area contributed by atoms with Gasteiger partial charge >= 0.3 is 0 Å². The van der Waals surface area contributed by atoms with Crippen LogP contribution in [0.15, 0.2) is 0 Å². The van der Waals surface area contributed by atoms with E-state index in [1.807, 2.05) is 0 Å². The zero-order valence-electron chi connectivity index (χ0n) is 2.91. The Bertz CT molecular complexity index is 8.00. The molecular formula is LiMgSnZn. The van der Waals surface area contributed by atoms with Crippen LogP contribution in [0.5, 0.6) is 0 Å². The second kappa shape index (κ2) is 17.1. The molecule has 4 heavy (non-hydrogen) atoms. The van der Waals surface area contributed by atoms with Crippen molar-refractivity contribution in [1.82, 2.24) is 0 Å². The molecule has 0 N–H and O–H groups in total. The molecule has 0 atom stereocenters. The van der Waals surface area contributed by atoms with Gasteiger partial charge in [0.1, 0.15) is 0 Å². The van der Waals surface area contributed by atoms with Crippen molar-refractivity contribution in [2.45, 2.75) is 0 Å². The van der Waals surface area contributed by atoms with Crippen LogP contribution in [0.25, 0.3) is 0 Å². The molecule has 0 fully saturated rings. The Hall–Kier alpha value is 2.79. The quantitative estimate of drug-likeness (QED) is 0.448. The molecule has 0 rings (SSSR count). The van der Waals surface area contributed by atoms with Gasteiger partial charge in [-0.15, -0.1) is 0 Å². The third-order valence-corrected chi connectivity index (χ3v) is 0. The summed E-state index contributed by atoms with van der Waals surface area (Å²) in [6.45, 7) is 0. The summed E-state index contributed by atoms with van der Waals surface area (Å²) in [4.78, 5) is 0. The van der Waals surface area contributed by atoms with Crippen LogP contribution in [0.1, 0.15) is 0 Å². The van der Waals surface area contributed by atoms with Crippen LogP contribution >= 0.6 is 0 Å². The Labute approximate surface area is 83.9 Å². The molecule has 0 heterocycles. The topological polar surface area (TPSA) is 0 Å². The molecule has 0 saturated heterocycles. The first-order chi connectivity index (χ1) is 0. The average molecular weight is 215 g/mol. The van der Waals surface area contributed by atoms with Gasteiger partial charge in [0.05, 0.1) is 0 Å². The summed E-state index contributed by atoms with van der Waals surface area (Å²) < 4.78 is 0. The van der Waals surface area contributed by atoms with Crippen molar-refractivity contribution in [2.75, 3.05) is 0 Å². The van der Waals surface area contributed by atoms with E-state index < -0.39 is 0 Å². The molecule has 0 saturated carbocycles. The van der Waals surface area contributed by atoms with E-state index in [-0.39, 0.29) is 85.3 Å². The van der Waals surface area contributed by atoms with Gasteiger partial charge in [0, 0.05) is 85.3 Å². The molecule has 0 unspecified atom stereocenters. The maximum atomic E-state index is 0. The molecule has 9 valence electrons. The molecule has 4 heteroatoms. The first kappa shape index (κ1) is 29.3. The van der Waals surface area contributed by atoms with Crippen molar-refractivity contribution in [3.05, 3.63) is 0 Å². The van der Waals surface area contributed by atoms with Crippen molar-refractivity contribution < 1.29 is 19.5 Å². The molecule has 7 radical (unpaired) electrons. The summed E-state index contributed by atoms with van der Waals surface area (Å²) in [5.74, 6) is 0. The van der Waals surface area contributed by atoms with Gasteiger partial charge in [0.25, 0.3) is 0 Å². The van der Waals surface area contributed by atoms with Crippen LogP contribution in [0.3, 0.4) is 0 Å². The minimum absolute atomic E-state index is 0. The fraction of sp³-hybridized carbons (Fsp3) is 0. The molecule has 0 amide bonds. The van der Waals surface area contributed by atoms with Gasteiger partial charge in [-0.3, -0.25) is 0 Å². The number of hydrogen-bond acceptors (Lipinski definition) is 0. The van der Waals surface area contributed by atoms with Crippen LogP contribution in [0.2, 0.25) is 0 Å². The van der Waals surface area contributed by atoms with E-state index in [0.29, 0.717) is 0 Å². The van der Waals surface area contributed by atoms with Gasteiger partial charge in [-0.05, 0) is 0 Å². The third-order valence-electron chi connectivity index (χ3n) is 0. The molecule has 0 aromatic rings. The fourth-order valence-corrected chi connectivity index (χ4v) is 0. The Morgan fingerprint density at radius 2 is 1.00 bits per heavy atom. The molecule has 0 aromatic carbocycles. The smallest absolute Gasteiger partial charge is 0 e. The van der Waals surface area contributed by atoms with Gasteiger partial charge in [0.15, 0.2) is 0 Å². The molecule has 0 spiro atoms. The molecule has 0 bridgehead atoms. The number of hydrogen-bond donors (Lipinski definition) is 0. The molecule has 0 aliphatic rings. The van der Waals surface area contributed by atoms with E-state index in [4.69, 9.17) is 0 Å². The molecule has 0 aromatic heterocycles. The van der Waals surface area contributed by atoms with Gasteiger partial charge < -0.3 is 0 Å². The first-order valence-electron chi connectivity index (χ1n) is 0. The van der Waals surface area contributed by atoms with Crippen molar-refractivity contribution in [3.63, 3.8) is 0 Å². The van der Waals surface area contributed by atoms with Gasteiger partial charge in [-0.1, -0.05) is 0 Å². The first-order valence-corrected chi connectivity index (χ1v) is 0. The standard InChI is InChI=1S/Li.Mg.Sn.Zn. The summed E-state index contributed by atoms with van der Waals surface area (Å²) in [6, 6.07) is 0. The van der Waals surface area contributed by atoms with Gasteiger partial charge in [-0.2, -0.15) is 0 Å². The Kier molecular flexibility index (Phi) is 125. The molecule has 0 nitrogen and oxygen atoms in total. The van der Waals surface area contributed by atoms with Gasteiger partial charge in [-0.25, -0.2) is 0 Å². The van der Waals surface area contributed by atoms with Crippen molar-refractivity contribution >= 4 is 65.8 Å². The zero-order chi connectivity index (χ0) is 0. The normalized spacial score (nSPS) is 0. The zero-order valence-corrected chi connectivity index (χ0v) is 10.1. The largest absolute Gasteiger partial charge is 0 e. The van der Waals surface area contributed by atoms with E-state index in [0.717, 1.165) is 0 Å². The summed E-state index contributed by atoms with van der Waals surface area (Å²) in [6.07, 6.45) is 0. The van der Waals surface area contributed by atoms with E-state index in [1.165, 1.54) is 0 Å². The predicted octanol–water partition coefficient (Wildman–Crippen LogP) is -1.14. The van der Waals surface area contributed by atoms with E-state index in [2.05, 4.69) is 0 Å². The maximum Gasteiger partial charge on any atom is 0 e. The SMILES string of the molecule is [Li].[Mg].[Sn].[Zn]. The molecular weight excluding hydrogens is 215 g/mol. The van der Waals surface area contributed by atoms with Crippen molar-refractivity contribution in [2.24, 2.45) is 0 Å². The second-order valence-corrected chi connectivity index (χ2v) is 0. The van der Waals surface area contributed by atoms with Crippen LogP contribution < -0.4 is 0 Å². The Morgan fingerprint density at radius 3 is 1.00 bits per heavy atom. The van der Waals surface area contributed by atoms with Gasteiger partial charge in [0.2, 0.25) is 0 Å².